The van der Waals surface area contributed by atoms with E-state index in [2.05, 4.69) is 11.4 Å². The molecule has 0 bridgehead atoms. The fourth-order valence-electron chi connectivity index (χ4n) is 3.36. The minimum Gasteiger partial charge on any atom is -0.497 e. The van der Waals surface area contributed by atoms with Crippen molar-refractivity contribution in [2.24, 2.45) is 0 Å². The van der Waals surface area contributed by atoms with E-state index in [0.29, 0.717) is 18.4 Å². The van der Waals surface area contributed by atoms with Gasteiger partial charge >= 0.3 is 0 Å². The number of nitrogens with zero attached hydrogens (tertiary/aromatic N) is 1. The fraction of sp³-hybridized carbons (Fsp3) is 0.429. The molecule has 1 aliphatic carbocycles. The van der Waals surface area contributed by atoms with Crippen molar-refractivity contribution in [2.75, 3.05) is 12.4 Å². The first kappa shape index (κ1) is 18.5. The average molecular weight is 369 g/mol. The molecule has 2 aromatic rings. The number of hydrogen-bond donors (Lipinski definition) is 1. The minimum absolute atomic E-state index is 0.0356. The molecule has 1 heterocycles. The zero-order valence-electron chi connectivity index (χ0n) is 15.1. The number of thiophene rings is 1. The summed E-state index contributed by atoms with van der Waals surface area (Å²) >= 11 is 1.59. The Balaban J connectivity index is 1.65. The van der Waals surface area contributed by atoms with E-state index in [4.69, 9.17) is 4.74 Å². The van der Waals surface area contributed by atoms with Crippen LogP contribution in [-0.2, 0) is 24.1 Å². The lowest BCUT2D eigenvalue weighted by Gasteiger charge is -2.08. The van der Waals surface area contributed by atoms with Crippen LogP contribution in [0.25, 0.3) is 0 Å². The highest BCUT2D eigenvalue weighted by atomic mass is 32.1. The number of anilines is 1. The molecule has 5 heteroatoms. The number of nitriles is 1. The molecule has 0 unspecified atom stereocenters. The summed E-state index contributed by atoms with van der Waals surface area (Å²) in [5.41, 5.74) is 2.95. The predicted octanol–water partition coefficient (Wildman–Crippen LogP) is 4.86. The SMILES string of the molecule is COc1ccc(CCC(=O)Nc2sc3c(c2C#N)CCCCCC3)cc1. The standard InChI is InChI=1S/C21H24N2O2S/c1-25-16-11-8-15(9-12-16)10-13-20(24)23-21-18(14-22)17-6-4-2-3-5-7-19(17)26-21/h8-9,11-12H,2-7,10,13H2,1H3,(H,23,24). The van der Waals surface area contributed by atoms with Crippen LogP contribution in [0.15, 0.2) is 24.3 Å². The van der Waals surface area contributed by atoms with Crippen LogP contribution in [0.2, 0.25) is 0 Å². The highest BCUT2D eigenvalue weighted by molar-refractivity contribution is 7.16. The molecule has 0 saturated heterocycles. The number of benzene rings is 1. The molecule has 0 radical (unpaired) electrons. The number of rotatable bonds is 5. The Labute approximate surface area is 158 Å². The maximum absolute atomic E-state index is 12.4. The first-order valence-corrected chi connectivity index (χ1v) is 10.0. The number of fused-ring (bicyclic) bond motifs is 1. The van der Waals surface area contributed by atoms with Crippen molar-refractivity contribution in [3.63, 3.8) is 0 Å². The Hall–Kier alpha value is -2.32. The number of aryl methyl sites for hydroxylation is 2. The van der Waals surface area contributed by atoms with Crippen LogP contribution < -0.4 is 10.1 Å². The maximum atomic E-state index is 12.4. The summed E-state index contributed by atoms with van der Waals surface area (Å²) in [6, 6.07) is 10.1. The van der Waals surface area contributed by atoms with Gasteiger partial charge in [0, 0.05) is 11.3 Å². The molecule has 26 heavy (non-hydrogen) atoms. The lowest BCUT2D eigenvalue weighted by atomic mass is 9.97. The van der Waals surface area contributed by atoms with E-state index in [1.54, 1.807) is 18.4 Å². The molecule has 136 valence electrons. The van der Waals surface area contributed by atoms with Gasteiger partial charge in [0.15, 0.2) is 0 Å². The maximum Gasteiger partial charge on any atom is 0.225 e. The van der Waals surface area contributed by atoms with E-state index < -0.39 is 0 Å². The zero-order valence-corrected chi connectivity index (χ0v) is 16.0. The van der Waals surface area contributed by atoms with Gasteiger partial charge in [0.2, 0.25) is 5.91 Å². The second-order valence-corrected chi connectivity index (χ2v) is 7.74. The lowest BCUT2D eigenvalue weighted by Crippen LogP contribution is -2.12. The number of hydrogen-bond acceptors (Lipinski definition) is 4. The zero-order chi connectivity index (χ0) is 18.4. The fourth-order valence-corrected chi connectivity index (χ4v) is 4.62. The smallest absolute Gasteiger partial charge is 0.225 e. The third kappa shape index (κ3) is 4.44. The van der Waals surface area contributed by atoms with Crippen molar-refractivity contribution >= 4 is 22.2 Å². The number of ether oxygens (including phenoxy) is 1. The van der Waals surface area contributed by atoms with Crippen LogP contribution >= 0.6 is 11.3 Å². The Morgan fingerprint density at radius 2 is 1.92 bits per heavy atom. The lowest BCUT2D eigenvalue weighted by molar-refractivity contribution is -0.116. The van der Waals surface area contributed by atoms with E-state index >= 15 is 0 Å². The van der Waals surface area contributed by atoms with Crippen molar-refractivity contribution in [3.8, 4) is 11.8 Å². The average Bonchev–Trinajstić information content (AvgIpc) is 2.95. The third-order valence-electron chi connectivity index (χ3n) is 4.84. The summed E-state index contributed by atoms with van der Waals surface area (Å²) in [5, 5.41) is 13.3. The molecule has 0 atom stereocenters. The topological polar surface area (TPSA) is 62.1 Å². The molecular formula is C21H24N2O2S. The molecule has 1 N–H and O–H groups in total. The van der Waals surface area contributed by atoms with Crippen molar-refractivity contribution in [1.82, 2.24) is 0 Å². The number of carbonyl (C=O) groups is 1. The highest BCUT2D eigenvalue weighted by Crippen LogP contribution is 2.36. The molecule has 4 nitrogen and oxygen atoms in total. The van der Waals surface area contributed by atoms with Crippen LogP contribution in [0, 0.1) is 11.3 Å². The van der Waals surface area contributed by atoms with Crippen molar-refractivity contribution in [3.05, 3.63) is 45.8 Å². The van der Waals surface area contributed by atoms with Crippen LogP contribution in [0.3, 0.4) is 0 Å². The van der Waals surface area contributed by atoms with Crippen LogP contribution in [-0.4, -0.2) is 13.0 Å². The molecular weight excluding hydrogens is 344 g/mol. The van der Waals surface area contributed by atoms with E-state index in [0.717, 1.165) is 35.6 Å². The van der Waals surface area contributed by atoms with Gasteiger partial charge in [-0.15, -0.1) is 11.3 Å². The molecule has 0 aliphatic heterocycles. The van der Waals surface area contributed by atoms with Gasteiger partial charge in [0.05, 0.1) is 12.7 Å². The van der Waals surface area contributed by atoms with Gasteiger partial charge in [-0.05, 0) is 55.4 Å². The molecule has 0 spiro atoms. The minimum atomic E-state index is -0.0356. The predicted molar refractivity (Wildman–Crippen MR) is 105 cm³/mol. The summed E-state index contributed by atoms with van der Waals surface area (Å²) in [7, 11) is 1.64. The summed E-state index contributed by atoms with van der Waals surface area (Å²) in [6.07, 6.45) is 7.83. The molecule has 3 rings (SSSR count). The summed E-state index contributed by atoms with van der Waals surface area (Å²) in [5.74, 6) is 0.777. The van der Waals surface area contributed by atoms with Gasteiger partial charge in [0.25, 0.3) is 0 Å². The molecule has 1 aliphatic rings. The second kappa shape index (κ2) is 8.86. The first-order chi connectivity index (χ1) is 12.7. The molecule has 0 fully saturated rings. The van der Waals surface area contributed by atoms with E-state index in [9.17, 15) is 10.1 Å². The molecule has 1 aromatic heterocycles. The van der Waals surface area contributed by atoms with Gasteiger partial charge in [-0.3, -0.25) is 4.79 Å². The Morgan fingerprint density at radius 3 is 2.62 bits per heavy atom. The molecule has 1 aromatic carbocycles. The van der Waals surface area contributed by atoms with E-state index in [1.165, 1.54) is 29.7 Å². The number of nitrogens with one attached hydrogen (secondary N) is 1. The van der Waals surface area contributed by atoms with Gasteiger partial charge in [0.1, 0.15) is 16.8 Å². The Bertz CT molecular complexity index is 803. The molecule has 1 amide bonds. The molecule has 0 saturated carbocycles. The van der Waals surface area contributed by atoms with Crippen molar-refractivity contribution in [2.45, 2.75) is 51.4 Å². The van der Waals surface area contributed by atoms with E-state index in [-0.39, 0.29) is 5.91 Å². The van der Waals surface area contributed by atoms with Crippen molar-refractivity contribution < 1.29 is 9.53 Å². The largest absolute Gasteiger partial charge is 0.497 e. The number of methoxy groups -OCH3 is 1. The van der Waals surface area contributed by atoms with Gasteiger partial charge in [-0.1, -0.05) is 25.0 Å². The van der Waals surface area contributed by atoms with Gasteiger partial charge < -0.3 is 10.1 Å². The monoisotopic (exact) mass is 368 g/mol. The summed E-state index contributed by atoms with van der Waals surface area (Å²) < 4.78 is 5.15. The van der Waals surface area contributed by atoms with Crippen LogP contribution in [0.5, 0.6) is 5.75 Å². The first-order valence-electron chi connectivity index (χ1n) is 9.18. The van der Waals surface area contributed by atoms with Crippen LogP contribution in [0.1, 0.15) is 53.7 Å². The van der Waals surface area contributed by atoms with E-state index in [1.807, 2.05) is 24.3 Å². The number of amides is 1. The van der Waals surface area contributed by atoms with Crippen molar-refractivity contribution in [1.29, 1.82) is 5.26 Å². The highest BCUT2D eigenvalue weighted by Gasteiger charge is 2.20. The number of carbonyl (C=O) groups excluding carboxylic acids is 1. The summed E-state index contributed by atoms with van der Waals surface area (Å²) in [4.78, 5) is 13.7. The van der Waals surface area contributed by atoms with Gasteiger partial charge in [-0.2, -0.15) is 5.26 Å². The van der Waals surface area contributed by atoms with Gasteiger partial charge in [-0.25, -0.2) is 0 Å². The second-order valence-electron chi connectivity index (χ2n) is 6.63. The normalized spacial score (nSPS) is 13.8. The van der Waals surface area contributed by atoms with Crippen LogP contribution in [0.4, 0.5) is 5.00 Å². The Morgan fingerprint density at radius 1 is 1.19 bits per heavy atom. The quantitative estimate of drug-likeness (QED) is 0.820. The third-order valence-corrected chi connectivity index (χ3v) is 6.04. The summed E-state index contributed by atoms with van der Waals surface area (Å²) in [6.45, 7) is 0. The Kier molecular flexibility index (Phi) is 6.30.